The number of alkyl halides is 1. The zero-order valence-corrected chi connectivity index (χ0v) is 8.46. The summed E-state index contributed by atoms with van der Waals surface area (Å²) in [6, 6.07) is 0. The van der Waals surface area contributed by atoms with Crippen molar-refractivity contribution in [1.82, 2.24) is 0 Å². The summed E-state index contributed by atoms with van der Waals surface area (Å²) in [4.78, 5) is 24.8. The van der Waals surface area contributed by atoms with Crippen LogP contribution in [0.5, 0.6) is 0 Å². The topological polar surface area (TPSA) is 52.6 Å². The van der Waals surface area contributed by atoms with Gasteiger partial charge in [-0.3, -0.25) is 4.79 Å². The third-order valence-electron chi connectivity index (χ3n) is 1.57. The molecule has 0 spiro atoms. The molecule has 0 aromatic heterocycles. The van der Waals surface area contributed by atoms with E-state index in [0.29, 0.717) is 6.26 Å². The Kier molecular flexibility index (Phi) is 6.24. The van der Waals surface area contributed by atoms with Crippen LogP contribution in [0.1, 0.15) is 20.3 Å². The number of hydrogen-bond donors (Lipinski definition) is 0. The lowest BCUT2D eigenvalue weighted by Gasteiger charge is -2.05. The Morgan fingerprint density at radius 1 is 1.40 bits per heavy atom. The number of Topliss-reactive ketones (excluding diaryl/α,β-unsaturated/α-hetero) is 1. The van der Waals surface area contributed by atoms with Crippen LogP contribution < -0.4 is 0 Å². The summed E-state index contributed by atoms with van der Waals surface area (Å²) in [5.41, 5.74) is -0.770. The summed E-state index contributed by atoms with van der Waals surface area (Å²) >= 11 is 0. The summed E-state index contributed by atoms with van der Waals surface area (Å²) in [6.07, 6.45) is -1.27. The average Bonchev–Trinajstić information content (AvgIpc) is 2.27. The number of ketones is 1. The first kappa shape index (κ1) is 13.5. The minimum Gasteiger partial charge on any atom is -0.500 e. The molecule has 0 aromatic carbocycles. The Morgan fingerprint density at radius 3 is 2.40 bits per heavy atom. The van der Waals surface area contributed by atoms with E-state index in [1.54, 1.807) is 6.92 Å². The predicted molar refractivity (Wildman–Crippen MR) is 47.1 cm³/mol. The van der Waals surface area contributed by atoms with Crippen molar-refractivity contribution >= 4 is 11.8 Å². The van der Waals surface area contributed by atoms with Gasteiger partial charge in [0.15, 0.2) is 6.17 Å². The molecule has 0 aliphatic carbocycles. The number of halogens is 2. The van der Waals surface area contributed by atoms with Crippen LogP contribution in [-0.4, -0.2) is 24.5 Å². The van der Waals surface area contributed by atoms with E-state index in [4.69, 9.17) is 0 Å². The molecule has 6 heteroatoms. The molecule has 0 aromatic rings. The fourth-order valence-electron chi connectivity index (χ4n) is 0.769. The summed E-state index contributed by atoms with van der Waals surface area (Å²) < 4.78 is 29.1. The van der Waals surface area contributed by atoms with Crippen molar-refractivity contribution in [2.75, 3.05) is 6.61 Å². The van der Waals surface area contributed by atoms with Crippen molar-refractivity contribution in [1.29, 1.82) is 0 Å². The van der Waals surface area contributed by atoms with Gasteiger partial charge in [0.1, 0.15) is 11.8 Å². The highest BCUT2D eigenvalue weighted by Crippen LogP contribution is 2.10. The van der Waals surface area contributed by atoms with Gasteiger partial charge in [-0.05, 0) is 13.3 Å². The van der Waals surface area contributed by atoms with Gasteiger partial charge in [0.25, 0.3) is 0 Å². The molecule has 0 fully saturated rings. The number of hydrogen-bond acceptors (Lipinski definition) is 4. The van der Waals surface area contributed by atoms with Gasteiger partial charge in [0.05, 0.1) is 6.61 Å². The maximum Gasteiger partial charge on any atom is 0.386 e. The first-order valence-electron chi connectivity index (χ1n) is 4.41. The maximum absolute atomic E-state index is 12.9. The van der Waals surface area contributed by atoms with Crippen molar-refractivity contribution < 1.29 is 28.2 Å². The minimum absolute atomic E-state index is 0.109. The molecule has 0 bridgehead atoms. The zero-order valence-electron chi connectivity index (χ0n) is 8.46. The van der Waals surface area contributed by atoms with Crippen molar-refractivity contribution in [3.05, 3.63) is 11.8 Å². The van der Waals surface area contributed by atoms with Crippen LogP contribution in [0.4, 0.5) is 8.92 Å². The van der Waals surface area contributed by atoms with E-state index < -0.39 is 23.5 Å². The Labute approximate surface area is 85.8 Å². The third-order valence-corrected chi connectivity index (χ3v) is 1.57. The summed E-state index contributed by atoms with van der Waals surface area (Å²) in [7, 11) is 0. The smallest absolute Gasteiger partial charge is 0.386 e. The molecule has 86 valence electrons. The molecule has 0 amide bonds. The second-order valence-corrected chi connectivity index (χ2v) is 2.59. The van der Waals surface area contributed by atoms with Crippen molar-refractivity contribution in [2.24, 2.45) is 0 Å². The molecule has 0 aliphatic rings. The van der Waals surface area contributed by atoms with Crippen LogP contribution in [0.15, 0.2) is 11.8 Å². The normalized spacial score (nSPS) is 13.2. The molecule has 0 saturated heterocycles. The standard InChI is InChI=1S/C9H12F2O4/c1-3-7(10)8(12)6(5-14-4-2)9(13)15-11/h5,7H,3-4H2,1-2H3. The van der Waals surface area contributed by atoms with Crippen molar-refractivity contribution in [3.8, 4) is 0 Å². The van der Waals surface area contributed by atoms with Crippen molar-refractivity contribution in [3.63, 3.8) is 0 Å². The highest BCUT2D eigenvalue weighted by molar-refractivity contribution is 6.18. The van der Waals surface area contributed by atoms with Crippen LogP contribution in [-0.2, 0) is 19.3 Å². The van der Waals surface area contributed by atoms with Crippen LogP contribution in [0.25, 0.3) is 0 Å². The molecular formula is C9H12F2O4. The number of rotatable bonds is 6. The number of carbonyl (C=O) groups excluding carboxylic acids is 2. The second kappa shape index (κ2) is 6.92. The van der Waals surface area contributed by atoms with Crippen molar-refractivity contribution in [2.45, 2.75) is 26.4 Å². The molecule has 1 unspecified atom stereocenters. The van der Waals surface area contributed by atoms with Gasteiger partial charge in [0.2, 0.25) is 5.78 Å². The van der Waals surface area contributed by atoms with Gasteiger partial charge in [-0.2, -0.15) is 0 Å². The molecule has 0 saturated carbocycles. The fraction of sp³-hybridized carbons (Fsp3) is 0.556. The van der Waals surface area contributed by atoms with E-state index in [9.17, 15) is 18.5 Å². The van der Waals surface area contributed by atoms with Crippen LogP contribution in [0.3, 0.4) is 0 Å². The first-order valence-corrected chi connectivity index (χ1v) is 4.41. The van der Waals surface area contributed by atoms with Crippen LogP contribution >= 0.6 is 0 Å². The average molecular weight is 222 g/mol. The van der Waals surface area contributed by atoms with E-state index in [2.05, 4.69) is 9.68 Å². The fourth-order valence-corrected chi connectivity index (χ4v) is 0.769. The lowest BCUT2D eigenvalue weighted by molar-refractivity contribution is -0.178. The SMILES string of the molecule is CCOC=C(C(=O)OF)C(=O)C(F)CC. The largest absolute Gasteiger partial charge is 0.500 e. The molecule has 0 aliphatic heterocycles. The van der Waals surface area contributed by atoms with E-state index in [1.807, 2.05) is 0 Å². The van der Waals surface area contributed by atoms with Gasteiger partial charge in [0, 0.05) is 4.53 Å². The van der Waals surface area contributed by atoms with E-state index in [-0.39, 0.29) is 13.0 Å². The highest BCUT2D eigenvalue weighted by atomic mass is 19.3. The first-order chi connectivity index (χ1) is 7.08. The monoisotopic (exact) mass is 222 g/mol. The van der Waals surface area contributed by atoms with Gasteiger partial charge in [-0.25, -0.2) is 14.1 Å². The minimum atomic E-state index is -1.86. The Bertz CT molecular complexity index is 263. The highest BCUT2D eigenvalue weighted by Gasteiger charge is 2.27. The summed E-state index contributed by atoms with van der Waals surface area (Å²) in [5, 5.41) is 0. The Balaban J connectivity index is 4.78. The maximum atomic E-state index is 12.9. The van der Waals surface area contributed by atoms with Gasteiger partial charge in [-0.15, -0.1) is 0 Å². The second-order valence-electron chi connectivity index (χ2n) is 2.59. The Morgan fingerprint density at radius 2 is 2.00 bits per heavy atom. The van der Waals surface area contributed by atoms with Gasteiger partial charge < -0.3 is 4.74 Å². The quantitative estimate of drug-likeness (QED) is 0.297. The molecule has 0 N–H and O–H groups in total. The summed E-state index contributed by atoms with van der Waals surface area (Å²) in [5.74, 6) is -2.70. The van der Waals surface area contributed by atoms with Gasteiger partial charge in [-0.1, -0.05) is 6.92 Å². The molecule has 15 heavy (non-hydrogen) atoms. The zero-order chi connectivity index (χ0) is 11.8. The van der Waals surface area contributed by atoms with E-state index in [1.165, 1.54) is 6.92 Å². The number of ether oxygens (including phenoxy) is 1. The molecular weight excluding hydrogens is 210 g/mol. The lowest BCUT2D eigenvalue weighted by atomic mass is 10.1. The third kappa shape index (κ3) is 4.05. The van der Waals surface area contributed by atoms with E-state index in [0.717, 1.165) is 0 Å². The number of carbonyl (C=O) groups is 2. The molecule has 0 radical (unpaired) electrons. The van der Waals surface area contributed by atoms with Crippen LogP contribution in [0.2, 0.25) is 0 Å². The molecule has 0 heterocycles. The molecule has 1 atom stereocenters. The predicted octanol–water partition coefficient (Wildman–Crippen LogP) is 1.65. The molecule has 4 nitrogen and oxygen atoms in total. The molecule has 0 rings (SSSR count). The lowest BCUT2D eigenvalue weighted by Crippen LogP contribution is -2.22. The van der Waals surface area contributed by atoms with Crippen LogP contribution in [0, 0.1) is 0 Å². The van der Waals surface area contributed by atoms with E-state index >= 15 is 0 Å². The Hall–Kier alpha value is -1.46. The van der Waals surface area contributed by atoms with Gasteiger partial charge >= 0.3 is 5.97 Å². The summed E-state index contributed by atoms with van der Waals surface area (Å²) in [6.45, 7) is 3.17.